The molecule has 1 rings (SSSR count). The Balaban J connectivity index is 2.26. The molecule has 0 atom stereocenters. The van der Waals surface area contributed by atoms with Gasteiger partial charge in [0.1, 0.15) is 0 Å². The monoisotopic (exact) mass is 218 g/mol. The van der Waals surface area contributed by atoms with E-state index in [0.29, 0.717) is 6.54 Å². The Morgan fingerprint density at radius 3 is 2.50 bits per heavy atom. The van der Waals surface area contributed by atoms with E-state index in [1.807, 2.05) is 30.3 Å². The molecule has 1 aromatic carbocycles. The van der Waals surface area contributed by atoms with Gasteiger partial charge in [0, 0.05) is 18.7 Å². The van der Waals surface area contributed by atoms with E-state index in [4.69, 9.17) is 5.73 Å². The number of carbonyl (C=O) groups excluding carboxylic acids is 2. The van der Waals surface area contributed by atoms with Crippen LogP contribution in [0.1, 0.15) is 5.56 Å². The third-order valence-electron chi connectivity index (χ3n) is 1.95. The summed E-state index contributed by atoms with van der Waals surface area (Å²) >= 11 is 0. The van der Waals surface area contributed by atoms with E-state index in [9.17, 15) is 9.59 Å². The molecule has 0 aliphatic heterocycles. The van der Waals surface area contributed by atoms with Gasteiger partial charge >= 0.3 is 0 Å². The van der Waals surface area contributed by atoms with Crippen molar-refractivity contribution < 1.29 is 9.59 Å². The smallest absolute Gasteiger partial charge is 0.244 e. The fourth-order valence-electron chi connectivity index (χ4n) is 1.19. The highest BCUT2D eigenvalue weighted by Gasteiger charge is 1.96. The number of hydrogen-bond donors (Lipinski definition) is 2. The second-order valence-corrected chi connectivity index (χ2v) is 3.26. The van der Waals surface area contributed by atoms with Crippen molar-refractivity contribution >= 4 is 11.8 Å². The predicted octanol–water partition coefficient (Wildman–Crippen LogP) is 0.387. The largest absolute Gasteiger partial charge is 0.366 e. The zero-order valence-corrected chi connectivity index (χ0v) is 8.85. The minimum absolute atomic E-state index is 0.310. The van der Waals surface area contributed by atoms with Gasteiger partial charge < -0.3 is 11.1 Å². The number of hydrogen-bond acceptors (Lipinski definition) is 2. The third-order valence-corrected chi connectivity index (χ3v) is 1.95. The van der Waals surface area contributed by atoms with Crippen molar-refractivity contribution in [3.8, 4) is 0 Å². The van der Waals surface area contributed by atoms with Gasteiger partial charge in [0.2, 0.25) is 11.8 Å². The third kappa shape index (κ3) is 4.95. The lowest BCUT2D eigenvalue weighted by Crippen LogP contribution is -2.24. The van der Waals surface area contributed by atoms with E-state index < -0.39 is 5.91 Å². The van der Waals surface area contributed by atoms with Crippen LogP contribution in [0.3, 0.4) is 0 Å². The average Bonchev–Trinajstić information content (AvgIpc) is 2.28. The predicted molar refractivity (Wildman–Crippen MR) is 61.5 cm³/mol. The summed E-state index contributed by atoms with van der Waals surface area (Å²) in [5.41, 5.74) is 6.01. The first kappa shape index (κ1) is 12.0. The topological polar surface area (TPSA) is 72.2 Å². The lowest BCUT2D eigenvalue weighted by Gasteiger charge is -2.01. The summed E-state index contributed by atoms with van der Waals surface area (Å²) in [6.45, 7) is 0.534. The molecule has 84 valence electrons. The molecule has 4 nitrogen and oxygen atoms in total. The molecule has 3 N–H and O–H groups in total. The Morgan fingerprint density at radius 1 is 1.19 bits per heavy atom. The molecular formula is C12H14N2O2. The standard InChI is InChI=1S/C12H14N2O2/c13-11(15)6-7-12(16)14-9-8-10-4-2-1-3-5-10/h1-7H,8-9H2,(H2,13,15)(H,14,16). The van der Waals surface area contributed by atoms with Crippen LogP contribution < -0.4 is 11.1 Å². The van der Waals surface area contributed by atoms with Gasteiger partial charge in [-0.2, -0.15) is 0 Å². The molecule has 1 aromatic rings. The first-order valence-corrected chi connectivity index (χ1v) is 4.98. The molecular weight excluding hydrogens is 204 g/mol. The summed E-state index contributed by atoms with van der Waals surface area (Å²) in [6.07, 6.45) is 2.93. The van der Waals surface area contributed by atoms with E-state index in [0.717, 1.165) is 24.1 Å². The number of primary amides is 1. The summed E-state index contributed by atoms with van der Waals surface area (Å²) < 4.78 is 0. The molecule has 0 saturated carbocycles. The van der Waals surface area contributed by atoms with Crippen LogP contribution in [0.5, 0.6) is 0 Å². The highest BCUT2D eigenvalue weighted by molar-refractivity contribution is 5.95. The maximum Gasteiger partial charge on any atom is 0.244 e. The molecule has 0 fully saturated rings. The van der Waals surface area contributed by atoms with Crippen LogP contribution in [0.25, 0.3) is 0 Å². The normalized spacial score (nSPS) is 10.2. The number of benzene rings is 1. The fourth-order valence-corrected chi connectivity index (χ4v) is 1.19. The summed E-state index contributed by atoms with van der Waals surface area (Å²) in [7, 11) is 0. The molecule has 16 heavy (non-hydrogen) atoms. The molecule has 0 bridgehead atoms. The molecule has 0 heterocycles. The van der Waals surface area contributed by atoms with E-state index in [1.54, 1.807) is 0 Å². The molecule has 0 aliphatic rings. The van der Waals surface area contributed by atoms with E-state index >= 15 is 0 Å². The van der Waals surface area contributed by atoms with E-state index in [1.165, 1.54) is 0 Å². The summed E-state index contributed by atoms with van der Waals surface area (Å²) in [5, 5.41) is 2.65. The van der Waals surface area contributed by atoms with Crippen LogP contribution in [0.15, 0.2) is 42.5 Å². The molecule has 0 radical (unpaired) electrons. The molecule has 0 aromatic heterocycles. The first-order chi connectivity index (χ1) is 7.68. The maximum atomic E-state index is 11.1. The van der Waals surface area contributed by atoms with Crippen molar-refractivity contribution in [1.82, 2.24) is 5.32 Å². The number of nitrogens with one attached hydrogen (secondary N) is 1. The van der Waals surface area contributed by atoms with Gasteiger partial charge in [0.15, 0.2) is 0 Å². The average molecular weight is 218 g/mol. The maximum absolute atomic E-state index is 11.1. The lowest BCUT2D eigenvalue weighted by atomic mass is 10.1. The number of nitrogens with two attached hydrogens (primary N) is 1. The Kier molecular flexibility index (Phi) is 4.79. The molecule has 4 heteroatoms. The van der Waals surface area contributed by atoms with Crippen molar-refractivity contribution in [3.63, 3.8) is 0 Å². The summed E-state index contributed by atoms with van der Waals surface area (Å²) in [4.78, 5) is 21.5. The second-order valence-electron chi connectivity index (χ2n) is 3.26. The highest BCUT2D eigenvalue weighted by atomic mass is 16.2. The number of rotatable bonds is 5. The van der Waals surface area contributed by atoms with Gasteiger partial charge in [-0.3, -0.25) is 9.59 Å². The Bertz CT molecular complexity index is 385. The summed E-state index contributed by atoms with van der Waals surface area (Å²) in [6, 6.07) is 9.82. The molecule has 0 saturated heterocycles. The Morgan fingerprint density at radius 2 is 1.88 bits per heavy atom. The van der Waals surface area contributed by atoms with Gasteiger partial charge in [-0.25, -0.2) is 0 Å². The van der Waals surface area contributed by atoms with Crippen LogP contribution in [0.2, 0.25) is 0 Å². The van der Waals surface area contributed by atoms with E-state index in [2.05, 4.69) is 5.32 Å². The zero-order chi connectivity index (χ0) is 11.8. The highest BCUT2D eigenvalue weighted by Crippen LogP contribution is 1.97. The molecule has 0 spiro atoms. The lowest BCUT2D eigenvalue weighted by molar-refractivity contribution is -0.117. The summed E-state index contributed by atoms with van der Waals surface area (Å²) in [5.74, 6) is -0.937. The van der Waals surface area contributed by atoms with Gasteiger partial charge in [-0.1, -0.05) is 30.3 Å². The van der Waals surface area contributed by atoms with Crippen LogP contribution in [0.4, 0.5) is 0 Å². The van der Waals surface area contributed by atoms with Gasteiger partial charge in [-0.05, 0) is 12.0 Å². The van der Waals surface area contributed by atoms with Gasteiger partial charge in [-0.15, -0.1) is 0 Å². The number of carbonyl (C=O) groups is 2. The Hall–Kier alpha value is -2.10. The first-order valence-electron chi connectivity index (χ1n) is 4.98. The minimum Gasteiger partial charge on any atom is -0.366 e. The Labute approximate surface area is 94.1 Å². The minimum atomic E-state index is -0.627. The van der Waals surface area contributed by atoms with Crippen molar-refractivity contribution in [2.24, 2.45) is 5.73 Å². The van der Waals surface area contributed by atoms with Gasteiger partial charge in [0.25, 0.3) is 0 Å². The molecule has 0 unspecified atom stereocenters. The zero-order valence-electron chi connectivity index (χ0n) is 8.85. The van der Waals surface area contributed by atoms with Crippen molar-refractivity contribution in [1.29, 1.82) is 0 Å². The SMILES string of the molecule is NC(=O)C=CC(=O)NCCc1ccccc1. The van der Waals surface area contributed by atoms with Crippen LogP contribution in [-0.4, -0.2) is 18.4 Å². The van der Waals surface area contributed by atoms with Crippen LogP contribution in [-0.2, 0) is 16.0 Å². The van der Waals surface area contributed by atoms with Gasteiger partial charge in [0.05, 0.1) is 0 Å². The van der Waals surface area contributed by atoms with Crippen molar-refractivity contribution in [2.45, 2.75) is 6.42 Å². The molecule has 2 amide bonds. The quantitative estimate of drug-likeness (QED) is 0.701. The van der Waals surface area contributed by atoms with Crippen molar-refractivity contribution in [3.05, 3.63) is 48.0 Å². The second kappa shape index (κ2) is 6.40. The van der Waals surface area contributed by atoms with Crippen molar-refractivity contribution in [2.75, 3.05) is 6.54 Å². The van der Waals surface area contributed by atoms with Crippen LogP contribution in [0, 0.1) is 0 Å². The fraction of sp³-hybridized carbons (Fsp3) is 0.167. The molecule has 0 aliphatic carbocycles. The number of amides is 2. The van der Waals surface area contributed by atoms with Crippen LogP contribution >= 0.6 is 0 Å². The van der Waals surface area contributed by atoms with E-state index in [-0.39, 0.29) is 5.91 Å².